The van der Waals surface area contributed by atoms with Crippen molar-refractivity contribution in [3.63, 3.8) is 0 Å². The number of methoxy groups -OCH3 is 1. The average molecular weight is 322 g/mol. The second-order valence-electron chi connectivity index (χ2n) is 6.42. The third-order valence-corrected chi connectivity index (χ3v) is 6.27. The summed E-state index contributed by atoms with van der Waals surface area (Å²) in [6.45, 7) is 5.47. The van der Waals surface area contributed by atoms with E-state index in [1.807, 2.05) is 5.38 Å². The molecule has 0 radical (unpaired) electrons. The van der Waals surface area contributed by atoms with Gasteiger partial charge in [0.2, 0.25) is 0 Å². The molecule has 0 aromatic carbocycles. The Labute approximate surface area is 136 Å². The molecule has 3 heterocycles. The maximum absolute atomic E-state index is 11.9. The average Bonchev–Trinajstić information content (AvgIpc) is 2.96. The van der Waals surface area contributed by atoms with Crippen molar-refractivity contribution < 1.29 is 9.53 Å². The van der Waals surface area contributed by atoms with Gasteiger partial charge in [-0.3, -0.25) is 0 Å². The van der Waals surface area contributed by atoms with Crippen molar-refractivity contribution in [3.05, 3.63) is 16.5 Å². The number of carbonyl (C=O) groups excluding carboxylic acids is 1. The molecular weight excluding hydrogens is 296 g/mol. The Hall–Kier alpha value is -1.07. The number of rotatable bonds is 3. The Morgan fingerprint density at radius 1 is 1.32 bits per heavy atom. The van der Waals surface area contributed by atoms with Crippen molar-refractivity contribution in [2.75, 3.05) is 31.6 Å². The van der Waals surface area contributed by atoms with E-state index in [0.717, 1.165) is 36.7 Å². The number of thiophene rings is 1. The number of esters is 1. The SMILES string of the molecule is COC(=O)c1csc(N2CCCCC2C2CCNCC2)c1C. The van der Waals surface area contributed by atoms with Crippen molar-refractivity contribution in [2.24, 2.45) is 5.92 Å². The molecule has 4 nitrogen and oxygen atoms in total. The van der Waals surface area contributed by atoms with Crippen LogP contribution in [-0.2, 0) is 4.74 Å². The molecule has 1 aromatic rings. The zero-order valence-corrected chi connectivity index (χ0v) is 14.4. The second-order valence-corrected chi connectivity index (χ2v) is 7.27. The molecule has 122 valence electrons. The van der Waals surface area contributed by atoms with Crippen LogP contribution < -0.4 is 10.2 Å². The van der Waals surface area contributed by atoms with E-state index in [1.165, 1.54) is 44.2 Å². The van der Waals surface area contributed by atoms with Crippen LogP contribution in [-0.4, -0.2) is 38.8 Å². The summed E-state index contributed by atoms with van der Waals surface area (Å²) < 4.78 is 4.90. The minimum atomic E-state index is -0.213. The normalized spacial score (nSPS) is 23.5. The molecule has 2 saturated heterocycles. The first-order valence-electron chi connectivity index (χ1n) is 8.36. The van der Waals surface area contributed by atoms with Crippen molar-refractivity contribution in [1.29, 1.82) is 0 Å². The molecule has 0 spiro atoms. The van der Waals surface area contributed by atoms with Gasteiger partial charge in [-0.25, -0.2) is 4.79 Å². The van der Waals surface area contributed by atoms with Crippen molar-refractivity contribution in [3.8, 4) is 0 Å². The van der Waals surface area contributed by atoms with E-state index < -0.39 is 0 Å². The Bertz CT molecular complexity index is 523. The van der Waals surface area contributed by atoms with Gasteiger partial charge in [-0.1, -0.05) is 0 Å². The first-order valence-corrected chi connectivity index (χ1v) is 9.24. The minimum Gasteiger partial charge on any atom is -0.465 e. The molecule has 0 bridgehead atoms. The number of anilines is 1. The molecule has 2 aliphatic rings. The minimum absolute atomic E-state index is 0.213. The van der Waals surface area contributed by atoms with Crippen LogP contribution in [0, 0.1) is 12.8 Å². The predicted molar refractivity (Wildman–Crippen MR) is 91.0 cm³/mol. The summed E-state index contributed by atoms with van der Waals surface area (Å²) >= 11 is 1.70. The van der Waals surface area contributed by atoms with Crippen molar-refractivity contribution >= 4 is 22.3 Å². The van der Waals surface area contributed by atoms with Crippen LogP contribution in [0.2, 0.25) is 0 Å². The lowest BCUT2D eigenvalue weighted by Gasteiger charge is -2.43. The Balaban J connectivity index is 1.84. The fourth-order valence-corrected chi connectivity index (χ4v) is 5.08. The Morgan fingerprint density at radius 3 is 2.82 bits per heavy atom. The van der Waals surface area contributed by atoms with Crippen molar-refractivity contribution in [1.82, 2.24) is 5.32 Å². The van der Waals surface area contributed by atoms with Gasteiger partial charge in [0, 0.05) is 18.0 Å². The van der Waals surface area contributed by atoms with Gasteiger partial charge in [0.05, 0.1) is 17.7 Å². The number of hydrogen-bond acceptors (Lipinski definition) is 5. The maximum atomic E-state index is 11.9. The van der Waals surface area contributed by atoms with Crippen LogP contribution in [0.5, 0.6) is 0 Å². The summed E-state index contributed by atoms with van der Waals surface area (Å²) in [5.41, 5.74) is 1.83. The van der Waals surface area contributed by atoms with Gasteiger partial charge < -0.3 is 15.0 Å². The molecule has 5 heteroatoms. The van der Waals surface area contributed by atoms with E-state index in [-0.39, 0.29) is 5.97 Å². The second kappa shape index (κ2) is 7.01. The summed E-state index contributed by atoms with van der Waals surface area (Å²) in [6.07, 6.45) is 6.42. The third kappa shape index (κ3) is 3.01. The topological polar surface area (TPSA) is 41.6 Å². The largest absolute Gasteiger partial charge is 0.465 e. The molecule has 1 unspecified atom stereocenters. The van der Waals surface area contributed by atoms with E-state index in [2.05, 4.69) is 17.1 Å². The number of ether oxygens (including phenoxy) is 1. The Kier molecular flexibility index (Phi) is 5.03. The van der Waals surface area contributed by atoms with Gasteiger partial charge >= 0.3 is 5.97 Å². The molecule has 1 N–H and O–H groups in total. The van der Waals surface area contributed by atoms with Crippen molar-refractivity contribution in [2.45, 2.75) is 45.1 Å². The van der Waals surface area contributed by atoms with Crippen LogP contribution in [0.1, 0.15) is 48.0 Å². The third-order valence-electron chi connectivity index (χ3n) is 5.16. The first-order chi connectivity index (χ1) is 10.7. The van der Waals surface area contributed by atoms with Gasteiger partial charge in [-0.2, -0.15) is 0 Å². The lowest BCUT2D eigenvalue weighted by Crippen LogP contribution is -2.47. The highest BCUT2D eigenvalue weighted by Crippen LogP contribution is 2.38. The molecule has 0 amide bonds. The van der Waals surface area contributed by atoms with Crippen LogP contribution >= 0.6 is 11.3 Å². The number of hydrogen-bond donors (Lipinski definition) is 1. The standard InChI is InChI=1S/C17H26N2O2S/c1-12-14(17(20)21-2)11-22-16(12)19-10-4-3-5-15(19)13-6-8-18-9-7-13/h11,13,15,18H,3-10H2,1-2H3. The van der Waals surface area contributed by atoms with E-state index >= 15 is 0 Å². The highest BCUT2D eigenvalue weighted by Gasteiger charge is 2.33. The molecule has 0 aliphatic carbocycles. The molecule has 1 atom stereocenters. The van der Waals surface area contributed by atoms with Crippen LogP contribution in [0.25, 0.3) is 0 Å². The first kappa shape index (κ1) is 15.8. The van der Waals surface area contributed by atoms with Gasteiger partial charge in [-0.05, 0) is 63.6 Å². The lowest BCUT2D eigenvalue weighted by atomic mass is 9.84. The molecule has 0 saturated carbocycles. The fourth-order valence-electron chi connectivity index (χ4n) is 3.93. The number of carbonyl (C=O) groups is 1. The zero-order valence-electron chi connectivity index (χ0n) is 13.6. The summed E-state index contributed by atoms with van der Waals surface area (Å²) in [7, 11) is 1.46. The highest BCUT2D eigenvalue weighted by molar-refractivity contribution is 7.14. The highest BCUT2D eigenvalue weighted by atomic mass is 32.1. The lowest BCUT2D eigenvalue weighted by molar-refractivity contribution is 0.0600. The Morgan fingerprint density at radius 2 is 2.09 bits per heavy atom. The number of nitrogens with zero attached hydrogens (tertiary/aromatic N) is 1. The van der Waals surface area contributed by atoms with Gasteiger partial charge in [-0.15, -0.1) is 11.3 Å². The quantitative estimate of drug-likeness (QED) is 0.868. The summed E-state index contributed by atoms with van der Waals surface area (Å²) in [4.78, 5) is 14.5. The van der Waals surface area contributed by atoms with E-state index in [1.54, 1.807) is 11.3 Å². The molecule has 22 heavy (non-hydrogen) atoms. The smallest absolute Gasteiger partial charge is 0.339 e. The summed E-state index contributed by atoms with van der Waals surface area (Å²) in [5.74, 6) is 0.569. The van der Waals surface area contributed by atoms with Crippen LogP contribution in [0.3, 0.4) is 0 Å². The predicted octanol–water partition coefficient (Wildman–Crippen LogP) is 3.20. The van der Waals surface area contributed by atoms with E-state index in [9.17, 15) is 4.79 Å². The fraction of sp³-hybridized carbons (Fsp3) is 0.706. The maximum Gasteiger partial charge on any atom is 0.339 e. The zero-order chi connectivity index (χ0) is 15.5. The number of nitrogens with one attached hydrogen (secondary N) is 1. The van der Waals surface area contributed by atoms with E-state index in [4.69, 9.17) is 4.74 Å². The number of piperidine rings is 2. The van der Waals surface area contributed by atoms with Crippen LogP contribution in [0.4, 0.5) is 5.00 Å². The molecule has 2 aliphatic heterocycles. The summed E-state index contributed by atoms with van der Waals surface area (Å²) in [6, 6.07) is 0.638. The molecule has 3 rings (SSSR count). The van der Waals surface area contributed by atoms with Gasteiger partial charge in [0.25, 0.3) is 0 Å². The molecule has 2 fully saturated rings. The summed E-state index contributed by atoms with van der Waals surface area (Å²) in [5, 5.41) is 6.71. The molecule has 1 aromatic heterocycles. The van der Waals surface area contributed by atoms with Gasteiger partial charge in [0.15, 0.2) is 0 Å². The van der Waals surface area contributed by atoms with E-state index in [0.29, 0.717) is 6.04 Å². The van der Waals surface area contributed by atoms with Crippen LogP contribution in [0.15, 0.2) is 5.38 Å². The van der Waals surface area contributed by atoms with Gasteiger partial charge in [0.1, 0.15) is 0 Å². The monoisotopic (exact) mass is 322 g/mol. The molecular formula is C17H26N2O2S.